The van der Waals surface area contributed by atoms with Gasteiger partial charge in [0.05, 0.1) is 6.10 Å². The van der Waals surface area contributed by atoms with Crippen LogP contribution in [0.1, 0.15) is 37.1 Å². The Labute approximate surface area is 106 Å². The lowest BCUT2D eigenvalue weighted by molar-refractivity contribution is 0.101. The average molecular weight is 274 g/mol. The molecule has 0 saturated heterocycles. The lowest BCUT2D eigenvalue weighted by Crippen LogP contribution is -2.45. The summed E-state index contributed by atoms with van der Waals surface area (Å²) in [5.74, 6) is 0.269. The fraction of sp³-hybridized carbons (Fsp3) is 0.727. The number of rotatable bonds is 3. The van der Waals surface area contributed by atoms with Gasteiger partial charge in [-0.05, 0) is 26.7 Å². The van der Waals surface area contributed by atoms with Crippen LogP contribution < -0.4 is 4.72 Å². The van der Waals surface area contributed by atoms with Crippen LogP contribution in [0.25, 0.3) is 0 Å². The Morgan fingerprint density at radius 3 is 2.56 bits per heavy atom. The fourth-order valence-electron chi connectivity index (χ4n) is 2.37. The van der Waals surface area contributed by atoms with E-state index in [1.807, 2.05) is 0 Å². The van der Waals surface area contributed by atoms with E-state index >= 15 is 0 Å². The molecule has 2 atom stereocenters. The quantitative estimate of drug-likeness (QED) is 0.853. The van der Waals surface area contributed by atoms with Gasteiger partial charge in [-0.25, -0.2) is 13.1 Å². The molecular weight excluding hydrogens is 256 g/mol. The first-order valence-corrected chi connectivity index (χ1v) is 7.53. The average Bonchev–Trinajstić information content (AvgIpc) is 2.62. The molecular formula is C11H18N2O4S. The predicted octanol–water partition coefficient (Wildman–Crippen LogP) is 0.873. The van der Waals surface area contributed by atoms with Gasteiger partial charge in [-0.3, -0.25) is 0 Å². The summed E-state index contributed by atoms with van der Waals surface area (Å²) in [6.07, 6.45) is 2.53. The number of aliphatic hydroxyl groups is 1. The van der Waals surface area contributed by atoms with Crippen LogP contribution in [0.4, 0.5) is 0 Å². The molecule has 0 spiro atoms. The smallest absolute Gasteiger partial charge is 0.246 e. The van der Waals surface area contributed by atoms with Crippen LogP contribution in [0, 0.1) is 13.8 Å². The third-order valence-corrected chi connectivity index (χ3v) is 5.01. The van der Waals surface area contributed by atoms with Crippen molar-refractivity contribution in [3.63, 3.8) is 0 Å². The van der Waals surface area contributed by atoms with Gasteiger partial charge in [-0.1, -0.05) is 18.0 Å². The molecule has 0 unspecified atom stereocenters. The normalized spacial score (nSPS) is 25.3. The SMILES string of the molecule is Cc1noc(C)c1S(=O)(=O)N[C@H]1CCCC[C@@H]1O. The van der Waals surface area contributed by atoms with Gasteiger partial charge < -0.3 is 9.63 Å². The second kappa shape index (κ2) is 4.99. The van der Waals surface area contributed by atoms with E-state index in [2.05, 4.69) is 9.88 Å². The molecule has 6 nitrogen and oxygen atoms in total. The Morgan fingerprint density at radius 2 is 2.00 bits per heavy atom. The van der Waals surface area contributed by atoms with Crippen molar-refractivity contribution in [2.45, 2.75) is 56.6 Å². The van der Waals surface area contributed by atoms with E-state index in [0.29, 0.717) is 18.5 Å². The van der Waals surface area contributed by atoms with E-state index in [1.165, 1.54) is 0 Å². The maximum atomic E-state index is 12.2. The molecule has 1 aliphatic rings. The molecule has 2 N–H and O–H groups in total. The first kappa shape index (κ1) is 13.5. The zero-order valence-electron chi connectivity index (χ0n) is 10.5. The molecule has 1 saturated carbocycles. The lowest BCUT2D eigenvalue weighted by Gasteiger charge is -2.27. The van der Waals surface area contributed by atoms with Gasteiger partial charge in [0.25, 0.3) is 0 Å². The van der Waals surface area contributed by atoms with Crippen molar-refractivity contribution in [3.05, 3.63) is 11.5 Å². The molecule has 1 aromatic heterocycles. The van der Waals surface area contributed by atoms with Crippen LogP contribution in [-0.4, -0.2) is 30.8 Å². The summed E-state index contributed by atoms with van der Waals surface area (Å²) in [7, 11) is -3.68. The van der Waals surface area contributed by atoms with Crippen molar-refractivity contribution in [1.29, 1.82) is 0 Å². The summed E-state index contributed by atoms with van der Waals surface area (Å²) in [5.41, 5.74) is 0.338. The molecule has 18 heavy (non-hydrogen) atoms. The highest BCUT2D eigenvalue weighted by molar-refractivity contribution is 7.89. The number of hydrogen-bond donors (Lipinski definition) is 2. The minimum absolute atomic E-state index is 0.0836. The maximum absolute atomic E-state index is 12.2. The molecule has 0 bridgehead atoms. The minimum Gasteiger partial charge on any atom is -0.391 e. The molecule has 1 heterocycles. The minimum atomic E-state index is -3.68. The zero-order valence-corrected chi connectivity index (χ0v) is 11.3. The maximum Gasteiger partial charge on any atom is 0.246 e. The Morgan fingerprint density at radius 1 is 1.33 bits per heavy atom. The molecule has 7 heteroatoms. The van der Waals surface area contributed by atoms with Gasteiger partial charge in [0.1, 0.15) is 10.6 Å². The van der Waals surface area contributed by atoms with E-state index in [9.17, 15) is 13.5 Å². The van der Waals surface area contributed by atoms with Gasteiger partial charge in [0.15, 0.2) is 5.76 Å². The molecule has 0 aromatic carbocycles. The van der Waals surface area contributed by atoms with Crippen LogP contribution in [0.5, 0.6) is 0 Å². The molecule has 0 aliphatic heterocycles. The van der Waals surface area contributed by atoms with Gasteiger partial charge >= 0.3 is 0 Å². The summed E-state index contributed by atoms with van der Waals surface area (Å²) < 4.78 is 31.9. The van der Waals surface area contributed by atoms with Crippen molar-refractivity contribution < 1.29 is 18.0 Å². The second-order valence-corrected chi connectivity index (χ2v) is 6.38. The molecule has 0 radical (unpaired) electrons. The molecule has 0 amide bonds. The van der Waals surface area contributed by atoms with E-state index in [-0.39, 0.29) is 10.7 Å². The summed E-state index contributed by atoms with van der Waals surface area (Å²) in [4.78, 5) is 0.0836. The highest BCUT2D eigenvalue weighted by Crippen LogP contribution is 2.23. The summed E-state index contributed by atoms with van der Waals surface area (Å²) in [5, 5.41) is 13.4. The third kappa shape index (κ3) is 2.57. The molecule has 1 aliphatic carbocycles. The Balaban J connectivity index is 2.22. The fourth-order valence-corrected chi connectivity index (χ4v) is 4.00. The van der Waals surface area contributed by atoms with Crippen molar-refractivity contribution in [1.82, 2.24) is 9.88 Å². The summed E-state index contributed by atoms with van der Waals surface area (Å²) >= 11 is 0. The molecule has 102 valence electrons. The summed E-state index contributed by atoms with van der Waals surface area (Å²) in [6.45, 7) is 3.15. The highest BCUT2D eigenvalue weighted by Gasteiger charge is 2.31. The van der Waals surface area contributed by atoms with E-state index in [1.54, 1.807) is 13.8 Å². The van der Waals surface area contributed by atoms with Crippen molar-refractivity contribution in [2.75, 3.05) is 0 Å². The predicted molar refractivity (Wildman–Crippen MR) is 64.6 cm³/mol. The van der Waals surface area contributed by atoms with Crippen molar-refractivity contribution >= 4 is 10.0 Å². The standard InChI is InChI=1S/C11H18N2O4S/c1-7-11(8(2)17-12-7)18(15,16)13-9-5-3-4-6-10(9)14/h9-10,13-14H,3-6H2,1-2H3/t9-,10-/m0/s1. The van der Waals surface area contributed by atoms with Gasteiger partial charge in [-0.2, -0.15) is 0 Å². The van der Waals surface area contributed by atoms with Gasteiger partial charge in [0, 0.05) is 6.04 Å². The zero-order chi connectivity index (χ0) is 13.3. The number of aliphatic hydroxyl groups excluding tert-OH is 1. The number of sulfonamides is 1. The van der Waals surface area contributed by atoms with Crippen LogP contribution >= 0.6 is 0 Å². The van der Waals surface area contributed by atoms with Crippen molar-refractivity contribution in [3.8, 4) is 0 Å². The van der Waals surface area contributed by atoms with E-state index < -0.39 is 22.2 Å². The Bertz CT molecular complexity index is 504. The Hall–Kier alpha value is -0.920. The number of nitrogens with zero attached hydrogens (tertiary/aromatic N) is 1. The van der Waals surface area contributed by atoms with Crippen LogP contribution in [-0.2, 0) is 10.0 Å². The number of aryl methyl sites for hydroxylation is 2. The van der Waals surface area contributed by atoms with E-state index in [0.717, 1.165) is 12.8 Å². The molecule has 1 aromatic rings. The Kier molecular flexibility index (Phi) is 3.74. The van der Waals surface area contributed by atoms with Crippen molar-refractivity contribution in [2.24, 2.45) is 0 Å². The molecule has 2 rings (SSSR count). The molecule has 1 fully saturated rings. The first-order chi connectivity index (χ1) is 8.42. The second-order valence-electron chi connectivity index (χ2n) is 4.73. The van der Waals surface area contributed by atoms with Crippen LogP contribution in [0.3, 0.4) is 0 Å². The lowest BCUT2D eigenvalue weighted by atomic mass is 9.93. The highest BCUT2D eigenvalue weighted by atomic mass is 32.2. The largest absolute Gasteiger partial charge is 0.391 e. The van der Waals surface area contributed by atoms with Gasteiger partial charge in [0.2, 0.25) is 10.0 Å². The van der Waals surface area contributed by atoms with Crippen LogP contribution in [0.2, 0.25) is 0 Å². The number of nitrogens with one attached hydrogen (secondary N) is 1. The van der Waals surface area contributed by atoms with E-state index in [4.69, 9.17) is 4.52 Å². The first-order valence-electron chi connectivity index (χ1n) is 6.05. The van der Waals surface area contributed by atoms with Gasteiger partial charge in [-0.15, -0.1) is 0 Å². The van der Waals surface area contributed by atoms with Crippen LogP contribution in [0.15, 0.2) is 9.42 Å². The summed E-state index contributed by atoms with van der Waals surface area (Å²) in [6, 6.07) is -0.419. The topological polar surface area (TPSA) is 92.4 Å². The third-order valence-electron chi connectivity index (χ3n) is 3.27. The number of hydrogen-bond acceptors (Lipinski definition) is 5. The monoisotopic (exact) mass is 274 g/mol. The number of aromatic nitrogens is 1.